The second-order valence-corrected chi connectivity index (χ2v) is 7.07. The average Bonchev–Trinajstić information content (AvgIpc) is 3.16. The minimum atomic E-state index is 0.0318. The Morgan fingerprint density at radius 1 is 0.929 bits per heavy atom. The van der Waals surface area contributed by atoms with Crippen molar-refractivity contribution in [2.24, 2.45) is 0 Å². The van der Waals surface area contributed by atoms with Crippen LogP contribution >= 0.6 is 0 Å². The molecule has 0 saturated carbocycles. The van der Waals surface area contributed by atoms with Crippen LogP contribution in [0.1, 0.15) is 32.6 Å². The second-order valence-electron chi connectivity index (χ2n) is 7.07. The fourth-order valence-corrected chi connectivity index (χ4v) is 3.50. The molecule has 3 aromatic rings. The Hall–Kier alpha value is -3.33. The van der Waals surface area contributed by atoms with E-state index in [0.29, 0.717) is 12.1 Å². The molecule has 0 fully saturated rings. The fraction of sp³-hybridized carbons (Fsp3) is 0.160. The standard InChI is InChI=1S/C25H23NO2/c1-18-3-5-19(6-4-18)7-8-20-9-14-24-22(17-20)15-16-26(24)25(27)21-10-12-23(28-2)13-11-21/h3-14,17H,15-16H2,1-2H3/b8-7+. The average molecular weight is 369 g/mol. The molecule has 3 aromatic carbocycles. The van der Waals surface area contributed by atoms with Gasteiger partial charge in [0.15, 0.2) is 0 Å². The summed E-state index contributed by atoms with van der Waals surface area (Å²) in [6.07, 6.45) is 5.12. The van der Waals surface area contributed by atoms with Crippen molar-refractivity contribution in [2.75, 3.05) is 18.6 Å². The number of carbonyl (C=O) groups is 1. The van der Waals surface area contributed by atoms with Gasteiger partial charge in [0.2, 0.25) is 0 Å². The first-order valence-electron chi connectivity index (χ1n) is 9.47. The van der Waals surface area contributed by atoms with Crippen LogP contribution in [0.2, 0.25) is 0 Å². The van der Waals surface area contributed by atoms with Gasteiger partial charge in [-0.3, -0.25) is 4.79 Å². The van der Waals surface area contributed by atoms with Gasteiger partial charge in [0.25, 0.3) is 5.91 Å². The summed E-state index contributed by atoms with van der Waals surface area (Å²) in [5.41, 5.74) is 6.50. The van der Waals surface area contributed by atoms with E-state index in [4.69, 9.17) is 4.74 Å². The molecule has 1 aliphatic rings. The summed E-state index contributed by atoms with van der Waals surface area (Å²) in [4.78, 5) is 14.8. The van der Waals surface area contributed by atoms with Crippen molar-refractivity contribution < 1.29 is 9.53 Å². The number of carbonyl (C=O) groups excluding carboxylic acids is 1. The molecule has 0 atom stereocenters. The van der Waals surface area contributed by atoms with Crippen LogP contribution in [0.25, 0.3) is 12.2 Å². The monoisotopic (exact) mass is 369 g/mol. The molecule has 0 radical (unpaired) electrons. The van der Waals surface area contributed by atoms with Gasteiger partial charge in [-0.15, -0.1) is 0 Å². The SMILES string of the molecule is COc1ccc(C(=O)N2CCc3cc(/C=C/c4ccc(C)cc4)ccc32)cc1. The number of hydrogen-bond acceptors (Lipinski definition) is 2. The van der Waals surface area contributed by atoms with E-state index in [2.05, 4.69) is 61.5 Å². The highest BCUT2D eigenvalue weighted by Crippen LogP contribution is 2.31. The van der Waals surface area contributed by atoms with Gasteiger partial charge >= 0.3 is 0 Å². The molecule has 3 heteroatoms. The molecule has 0 unspecified atom stereocenters. The largest absolute Gasteiger partial charge is 0.497 e. The Kier molecular flexibility index (Phi) is 4.98. The molecule has 1 heterocycles. The first-order valence-corrected chi connectivity index (χ1v) is 9.47. The summed E-state index contributed by atoms with van der Waals surface area (Å²) in [6.45, 7) is 2.80. The normalized spacial score (nSPS) is 13.0. The van der Waals surface area contributed by atoms with Crippen molar-refractivity contribution in [1.82, 2.24) is 0 Å². The van der Waals surface area contributed by atoms with Crippen LogP contribution in [-0.2, 0) is 6.42 Å². The Morgan fingerprint density at radius 3 is 2.32 bits per heavy atom. The van der Waals surface area contributed by atoms with E-state index in [-0.39, 0.29) is 5.91 Å². The van der Waals surface area contributed by atoms with Crippen LogP contribution in [0.3, 0.4) is 0 Å². The number of hydrogen-bond donors (Lipinski definition) is 0. The quantitative estimate of drug-likeness (QED) is 0.578. The smallest absolute Gasteiger partial charge is 0.258 e. The number of anilines is 1. The van der Waals surface area contributed by atoms with Crippen molar-refractivity contribution in [3.8, 4) is 5.75 Å². The molecule has 0 aliphatic carbocycles. The zero-order chi connectivity index (χ0) is 19.5. The van der Waals surface area contributed by atoms with Crippen LogP contribution in [0.5, 0.6) is 5.75 Å². The lowest BCUT2D eigenvalue weighted by Gasteiger charge is -2.17. The van der Waals surface area contributed by atoms with E-state index in [9.17, 15) is 4.79 Å². The first kappa shape index (κ1) is 18.1. The molecular formula is C25H23NO2. The molecule has 1 aliphatic heterocycles. The molecule has 4 rings (SSSR count). The van der Waals surface area contributed by atoms with Gasteiger partial charge in [0.05, 0.1) is 7.11 Å². The van der Waals surface area contributed by atoms with Crippen LogP contribution in [0.15, 0.2) is 66.7 Å². The molecule has 0 spiro atoms. The molecule has 0 N–H and O–H groups in total. The molecule has 0 bridgehead atoms. The van der Waals surface area contributed by atoms with Crippen molar-refractivity contribution in [2.45, 2.75) is 13.3 Å². The molecule has 0 aromatic heterocycles. The highest BCUT2D eigenvalue weighted by molar-refractivity contribution is 6.07. The van der Waals surface area contributed by atoms with Crippen molar-refractivity contribution in [3.05, 3.63) is 94.5 Å². The summed E-state index contributed by atoms with van der Waals surface area (Å²) in [5.74, 6) is 0.785. The molecular weight excluding hydrogens is 346 g/mol. The number of aryl methyl sites for hydroxylation is 1. The van der Waals surface area contributed by atoms with Crippen molar-refractivity contribution in [1.29, 1.82) is 0 Å². The van der Waals surface area contributed by atoms with Crippen LogP contribution in [0, 0.1) is 6.92 Å². The maximum absolute atomic E-state index is 12.9. The van der Waals surface area contributed by atoms with E-state index >= 15 is 0 Å². The van der Waals surface area contributed by atoms with Crippen LogP contribution in [0.4, 0.5) is 5.69 Å². The topological polar surface area (TPSA) is 29.5 Å². The van der Waals surface area contributed by atoms with E-state index in [0.717, 1.165) is 23.4 Å². The zero-order valence-electron chi connectivity index (χ0n) is 16.2. The molecule has 28 heavy (non-hydrogen) atoms. The Bertz CT molecular complexity index is 1020. The number of rotatable bonds is 4. The van der Waals surface area contributed by atoms with Gasteiger partial charge in [0, 0.05) is 17.8 Å². The van der Waals surface area contributed by atoms with Gasteiger partial charge in [-0.25, -0.2) is 0 Å². The summed E-state index contributed by atoms with van der Waals surface area (Å²) in [7, 11) is 1.62. The van der Waals surface area contributed by atoms with Gasteiger partial charge in [0.1, 0.15) is 5.75 Å². The fourth-order valence-electron chi connectivity index (χ4n) is 3.50. The maximum Gasteiger partial charge on any atom is 0.258 e. The van der Waals surface area contributed by atoms with Gasteiger partial charge < -0.3 is 9.64 Å². The third-order valence-electron chi connectivity index (χ3n) is 5.13. The third-order valence-corrected chi connectivity index (χ3v) is 5.13. The molecule has 140 valence electrons. The lowest BCUT2D eigenvalue weighted by Crippen LogP contribution is -2.28. The number of benzene rings is 3. The predicted octanol–water partition coefficient (Wildman–Crippen LogP) is 5.38. The Balaban J connectivity index is 1.52. The van der Waals surface area contributed by atoms with E-state index in [1.54, 1.807) is 7.11 Å². The summed E-state index contributed by atoms with van der Waals surface area (Å²) in [5, 5.41) is 0. The van der Waals surface area contributed by atoms with Gasteiger partial charge in [-0.2, -0.15) is 0 Å². The lowest BCUT2D eigenvalue weighted by atomic mass is 10.1. The minimum Gasteiger partial charge on any atom is -0.497 e. The van der Waals surface area contributed by atoms with Crippen molar-refractivity contribution >= 4 is 23.7 Å². The van der Waals surface area contributed by atoms with Gasteiger partial charge in [-0.05, 0) is 66.4 Å². The Morgan fingerprint density at radius 2 is 1.61 bits per heavy atom. The summed E-state index contributed by atoms with van der Waals surface area (Å²) in [6, 6.07) is 22.1. The number of ether oxygens (including phenoxy) is 1. The maximum atomic E-state index is 12.9. The molecule has 0 saturated heterocycles. The number of nitrogens with zero attached hydrogens (tertiary/aromatic N) is 1. The van der Waals surface area contributed by atoms with Crippen LogP contribution in [-0.4, -0.2) is 19.6 Å². The first-order chi connectivity index (χ1) is 13.6. The second kappa shape index (κ2) is 7.73. The zero-order valence-corrected chi connectivity index (χ0v) is 16.2. The predicted molar refractivity (Wildman–Crippen MR) is 115 cm³/mol. The number of fused-ring (bicyclic) bond motifs is 1. The molecule has 1 amide bonds. The summed E-state index contributed by atoms with van der Waals surface area (Å²) >= 11 is 0. The van der Waals surface area contributed by atoms with E-state index < -0.39 is 0 Å². The molecule has 3 nitrogen and oxygen atoms in total. The van der Waals surface area contributed by atoms with Gasteiger partial charge in [-0.1, -0.05) is 48.0 Å². The van der Waals surface area contributed by atoms with Crippen LogP contribution < -0.4 is 9.64 Å². The third kappa shape index (κ3) is 3.70. The summed E-state index contributed by atoms with van der Waals surface area (Å²) < 4.78 is 5.17. The Labute approximate surface area is 165 Å². The number of amides is 1. The van der Waals surface area contributed by atoms with E-state index in [1.807, 2.05) is 29.2 Å². The van der Waals surface area contributed by atoms with E-state index in [1.165, 1.54) is 16.7 Å². The lowest BCUT2D eigenvalue weighted by molar-refractivity contribution is 0.0989. The minimum absolute atomic E-state index is 0.0318. The highest BCUT2D eigenvalue weighted by Gasteiger charge is 2.25. The van der Waals surface area contributed by atoms with Crippen molar-refractivity contribution in [3.63, 3.8) is 0 Å². The number of methoxy groups -OCH3 is 1. The highest BCUT2D eigenvalue weighted by atomic mass is 16.5.